The maximum atomic E-state index is 11.8. The van der Waals surface area contributed by atoms with E-state index in [1.807, 2.05) is 11.8 Å². The number of amides is 1. The number of nitrogens with zero attached hydrogens (tertiary/aromatic N) is 1. The van der Waals surface area contributed by atoms with Gasteiger partial charge >= 0.3 is 0 Å². The molecule has 1 aliphatic heterocycles. The molecule has 0 aromatic carbocycles. The van der Waals surface area contributed by atoms with Crippen molar-refractivity contribution in [2.75, 3.05) is 13.1 Å². The molecule has 0 radical (unpaired) electrons. The highest BCUT2D eigenvalue weighted by molar-refractivity contribution is 5.80. The van der Waals surface area contributed by atoms with Crippen molar-refractivity contribution in [1.82, 2.24) is 4.90 Å². The first kappa shape index (κ1) is 11.5. The second-order valence-corrected chi connectivity index (χ2v) is 4.94. The van der Waals surface area contributed by atoms with Crippen molar-refractivity contribution in [3.8, 4) is 0 Å². The lowest BCUT2D eigenvalue weighted by molar-refractivity contribution is -0.144. The zero-order valence-electron chi connectivity index (χ0n) is 9.71. The molecule has 0 saturated carbocycles. The number of hydrogen-bond donors (Lipinski definition) is 1. The van der Waals surface area contributed by atoms with Crippen molar-refractivity contribution >= 4 is 5.91 Å². The third kappa shape index (κ3) is 2.08. The molecule has 0 spiro atoms. The van der Waals surface area contributed by atoms with Gasteiger partial charge in [0.05, 0.1) is 5.54 Å². The van der Waals surface area contributed by atoms with Crippen LogP contribution >= 0.6 is 0 Å². The Morgan fingerprint density at radius 3 is 2.29 bits per heavy atom. The molecular formula is C11H22N2O. The van der Waals surface area contributed by atoms with Crippen molar-refractivity contribution in [1.29, 1.82) is 0 Å². The van der Waals surface area contributed by atoms with Gasteiger partial charge in [-0.2, -0.15) is 0 Å². The van der Waals surface area contributed by atoms with Gasteiger partial charge in [-0.05, 0) is 12.3 Å². The normalized spacial score (nSPS) is 22.0. The van der Waals surface area contributed by atoms with Crippen molar-refractivity contribution < 1.29 is 4.79 Å². The van der Waals surface area contributed by atoms with Gasteiger partial charge in [-0.15, -0.1) is 0 Å². The van der Waals surface area contributed by atoms with Crippen LogP contribution in [0.1, 0.15) is 34.1 Å². The van der Waals surface area contributed by atoms with Crippen LogP contribution < -0.4 is 5.73 Å². The first-order chi connectivity index (χ1) is 6.39. The largest absolute Gasteiger partial charge is 0.339 e. The number of carbonyl (C=O) groups excluding carboxylic acids is 1. The molecule has 1 saturated heterocycles. The van der Waals surface area contributed by atoms with Crippen LogP contribution in [0.25, 0.3) is 0 Å². The number of nitrogens with two attached hydrogens (primary N) is 1. The minimum Gasteiger partial charge on any atom is -0.339 e. The Balaban J connectivity index is 2.44. The van der Waals surface area contributed by atoms with Crippen molar-refractivity contribution in [3.05, 3.63) is 0 Å². The summed E-state index contributed by atoms with van der Waals surface area (Å²) in [6, 6.07) is 0. The second-order valence-electron chi connectivity index (χ2n) is 4.94. The van der Waals surface area contributed by atoms with Gasteiger partial charge in [-0.25, -0.2) is 0 Å². The predicted octanol–water partition coefficient (Wildman–Crippen LogP) is 1.23. The molecule has 1 unspecified atom stereocenters. The average molecular weight is 198 g/mol. The highest BCUT2D eigenvalue weighted by Gasteiger charge is 2.41. The maximum absolute atomic E-state index is 11.8. The van der Waals surface area contributed by atoms with E-state index in [0.29, 0.717) is 5.92 Å². The lowest BCUT2D eigenvalue weighted by Gasteiger charge is -2.48. The first-order valence-corrected chi connectivity index (χ1v) is 5.47. The van der Waals surface area contributed by atoms with Crippen LogP contribution in [-0.4, -0.2) is 29.4 Å². The first-order valence-electron chi connectivity index (χ1n) is 5.47. The van der Waals surface area contributed by atoms with Gasteiger partial charge in [0.25, 0.3) is 0 Å². The molecule has 1 fully saturated rings. The fourth-order valence-electron chi connectivity index (χ4n) is 1.67. The highest BCUT2D eigenvalue weighted by Crippen LogP contribution is 2.25. The lowest BCUT2D eigenvalue weighted by Crippen LogP contribution is -2.69. The Morgan fingerprint density at radius 1 is 1.43 bits per heavy atom. The summed E-state index contributed by atoms with van der Waals surface area (Å²) in [5.41, 5.74) is 5.91. The summed E-state index contributed by atoms with van der Waals surface area (Å²) < 4.78 is 0. The Hall–Kier alpha value is -0.570. The van der Waals surface area contributed by atoms with E-state index in [-0.39, 0.29) is 17.4 Å². The zero-order valence-corrected chi connectivity index (χ0v) is 9.71. The molecule has 1 amide bonds. The summed E-state index contributed by atoms with van der Waals surface area (Å²) in [6.07, 6.45) is 0.951. The maximum Gasteiger partial charge on any atom is 0.225 e. The lowest BCUT2D eigenvalue weighted by atomic mass is 9.86. The molecule has 1 heterocycles. The quantitative estimate of drug-likeness (QED) is 0.741. The van der Waals surface area contributed by atoms with Gasteiger partial charge < -0.3 is 10.6 Å². The molecule has 2 N–H and O–H groups in total. The van der Waals surface area contributed by atoms with Crippen molar-refractivity contribution in [2.24, 2.45) is 17.6 Å². The zero-order chi connectivity index (χ0) is 10.9. The Kier molecular flexibility index (Phi) is 3.20. The topological polar surface area (TPSA) is 46.3 Å². The van der Waals surface area contributed by atoms with Crippen LogP contribution in [0.5, 0.6) is 0 Å². The van der Waals surface area contributed by atoms with Crippen molar-refractivity contribution in [2.45, 2.75) is 39.7 Å². The minimum absolute atomic E-state index is 0.105. The number of hydrogen-bond acceptors (Lipinski definition) is 2. The molecule has 1 rings (SSSR count). The summed E-state index contributed by atoms with van der Waals surface area (Å²) in [4.78, 5) is 13.7. The molecule has 14 heavy (non-hydrogen) atoms. The summed E-state index contributed by atoms with van der Waals surface area (Å²) in [5.74, 6) is 0.794. The van der Waals surface area contributed by atoms with Gasteiger partial charge in [-0.1, -0.05) is 27.7 Å². The number of likely N-dealkylation sites (tertiary alicyclic amines) is 1. The van der Waals surface area contributed by atoms with Gasteiger partial charge in [0.15, 0.2) is 0 Å². The summed E-state index contributed by atoms with van der Waals surface area (Å²) >= 11 is 0. The Labute approximate surface area is 86.6 Å². The molecule has 0 bridgehead atoms. The smallest absolute Gasteiger partial charge is 0.225 e. The molecule has 1 atom stereocenters. The van der Waals surface area contributed by atoms with Crippen LogP contribution in [-0.2, 0) is 4.79 Å². The molecule has 0 aromatic heterocycles. The fraction of sp³-hybridized carbons (Fsp3) is 0.909. The number of rotatable bonds is 3. The fourth-order valence-corrected chi connectivity index (χ4v) is 1.67. The van der Waals surface area contributed by atoms with Gasteiger partial charge in [0.1, 0.15) is 0 Å². The molecule has 3 heteroatoms. The monoisotopic (exact) mass is 198 g/mol. The molecule has 82 valence electrons. The van der Waals surface area contributed by atoms with Gasteiger partial charge in [0, 0.05) is 19.0 Å². The summed E-state index contributed by atoms with van der Waals surface area (Å²) in [5, 5.41) is 0. The third-order valence-corrected chi connectivity index (χ3v) is 3.42. The minimum atomic E-state index is -0.105. The SMILES string of the molecule is CCC1(N)CN(C(=O)C(C)C(C)C)C1. The van der Waals surface area contributed by atoms with E-state index in [0.717, 1.165) is 19.5 Å². The molecule has 1 aliphatic rings. The van der Waals surface area contributed by atoms with E-state index in [9.17, 15) is 4.79 Å². The molecule has 0 aromatic rings. The van der Waals surface area contributed by atoms with Crippen molar-refractivity contribution in [3.63, 3.8) is 0 Å². The van der Waals surface area contributed by atoms with Gasteiger partial charge in [-0.3, -0.25) is 4.79 Å². The second kappa shape index (κ2) is 3.89. The molecule has 3 nitrogen and oxygen atoms in total. The van der Waals surface area contributed by atoms with E-state index in [1.54, 1.807) is 0 Å². The molecule has 0 aliphatic carbocycles. The van der Waals surface area contributed by atoms with Gasteiger partial charge in [0.2, 0.25) is 5.91 Å². The van der Waals surface area contributed by atoms with Crippen LogP contribution in [0, 0.1) is 11.8 Å². The highest BCUT2D eigenvalue weighted by atomic mass is 16.2. The van der Waals surface area contributed by atoms with E-state index < -0.39 is 0 Å². The Bertz CT molecular complexity index is 219. The van der Waals surface area contributed by atoms with Crippen LogP contribution in [0.3, 0.4) is 0 Å². The third-order valence-electron chi connectivity index (χ3n) is 3.42. The Morgan fingerprint density at radius 2 is 1.93 bits per heavy atom. The average Bonchev–Trinajstić information content (AvgIpc) is 2.10. The number of carbonyl (C=O) groups is 1. The summed E-state index contributed by atoms with van der Waals surface area (Å²) in [7, 11) is 0. The molecular weight excluding hydrogens is 176 g/mol. The standard InChI is InChI=1S/C11H22N2O/c1-5-11(12)6-13(7-11)10(14)9(4)8(2)3/h8-9H,5-7,12H2,1-4H3. The summed E-state index contributed by atoms with van der Waals surface area (Å²) in [6.45, 7) is 9.71. The van der Waals surface area contributed by atoms with Crippen LogP contribution in [0.4, 0.5) is 0 Å². The van der Waals surface area contributed by atoms with Crippen LogP contribution in [0.2, 0.25) is 0 Å². The van der Waals surface area contributed by atoms with E-state index >= 15 is 0 Å². The van der Waals surface area contributed by atoms with E-state index in [2.05, 4.69) is 20.8 Å². The predicted molar refractivity (Wildman–Crippen MR) is 57.8 cm³/mol. The van der Waals surface area contributed by atoms with E-state index in [4.69, 9.17) is 5.73 Å². The van der Waals surface area contributed by atoms with E-state index in [1.165, 1.54) is 0 Å². The van der Waals surface area contributed by atoms with Crippen LogP contribution in [0.15, 0.2) is 0 Å².